The number of rotatable bonds is 2. The predicted molar refractivity (Wildman–Crippen MR) is 34.3 cm³/mol. The third-order valence-corrected chi connectivity index (χ3v) is 2.03. The second-order valence-electron chi connectivity index (χ2n) is 1.81. The number of ether oxygens (including phenoxy) is 1. The normalized spacial score (nSPS) is 19.2. The van der Waals surface area contributed by atoms with Crippen LogP contribution in [-0.4, -0.2) is 35.3 Å². The molecule has 0 radical (unpaired) electrons. The second kappa shape index (κ2) is 3.20. The van der Waals surface area contributed by atoms with Gasteiger partial charge in [-0.15, -0.1) is 0 Å². The van der Waals surface area contributed by atoms with Gasteiger partial charge in [-0.25, -0.2) is 0 Å². The third-order valence-electron chi connectivity index (χ3n) is 1.03. The van der Waals surface area contributed by atoms with E-state index in [1.807, 2.05) is 0 Å². The minimum absolute atomic E-state index is 0.164. The van der Waals surface area contributed by atoms with Crippen LogP contribution in [0.15, 0.2) is 0 Å². The first-order valence-electron chi connectivity index (χ1n) is 2.71. The van der Waals surface area contributed by atoms with Crippen LogP contribution in [0, 0.1) is 0 Å². The van der Waals surface area contributed by atoms with Gasteiger partial charge in [0, 0.05) is 0 Å². The van der Waals surface area contributed by atoms with Gasteiger partial charge in [-0.3, -0.25) is 4.79 Å². The molecule has 0 bridgehead atoms. The monoisotopic (exact) mass is 148 g/mol. The first-order chi connectivity index (χ1) is 4.33. The molecule has 1 saturated heterocycles. The molecule has 4 heteroatoms. The van der Waals surface area contributed by atoms with Crippen molar-refractivity contribution < 1.29 is 14.6 Å². The topological polar surface area (TPSA) is 46.5 Å². The van der Waals surface area contributed by atoms with Crippen LogP contribution >= 0.6 is 11.8 Å². The fourth-order valence-electron chi connectivity index (χ4n) is 0.505. The average Bonchev–Trinajstić information content (AvgIpc) is 1.78. The lowest BCUT2D eigenvalue weighted by molar-refractivity contribution is -0.113. The SMILES string of the molecule is O=C(CO)SC1COC1. The van der Waals surface area contributed by atoms with Gasteiger partial charge in [-0.1, -0.05) is 11.8 Å². The van der Waals surface area contributed by atoms with Crippen LogP contribution in [0.3, 0.4) is 0 Å². The highest BCUT2D eigenvalue weighted by Crippen LogP contribution is 2.18. The van der Waals surface area contributed by atoms with Gasteiger partial charge in [0.05, 0.1) is 18.5 Å². The van der Waals surface area contributed by atoms with Crippen LogP contribution in [0.2, 0.25) is 0 Å². The number of hydrogen-bond donors (Lipinski definition) is 1. The van der Waals surface area contributed by atoms with E-state index >= 15 is 0 Å². The maximum Gasteiger partial charge on any atom is 0.214 e. The Morgan fingerprint density at radius 3 is 2.78 bits per heavy atom. The zero-order valence-corrected chi connectivity index (χ0v) is 5.69. The summed E-state index contributed by atoms with van der Waals surface area (Å²) in [4.78, 5) is 10.5. The van der Waals surface area contributed by atoms with Crippen molar-refractivity contribution in [3.05, 3.63) is 0 Å². The maximum atomic E-state index is 10.5. The fourth-order valence-corrected chi connectivity index (χ4v) is 1.28. The Labute approximate surface area is 57.4 Å². The Hall–Kier alpha value is -0.0600. The molecule has 0 atom stereocenters. The first-order valence-corrected chi connectivity index (χ1v) is 3.59. The number of hydrogen-bond acceptors (Lipinski definition) is 4. The molecule has 1 rings (SSSR count). The third kappa shape index (κ3) is 1.97. The zero-order chi connectivity index (χ0) is 6.69. The number of aliphatic hydroxyl groups excluding tert-OH is 1. The van der Waals surface area contributed by atoms with Gasteiger partial charge in [0.15, 0.2) is 0 Å². The molecule has 0 saturated carbocycles. The van der Waals surface area contributed by atoms with E-state index in [2.05, 4.69) is 0 Å². The fraction of sp³-hybridized carbons (Fsp3) is 0.800. The first kappa shape index (κ1) is 7.05. The highest BCUT2D eigenvalue weighted by atomic mass is 32.2. The summed E-state index contributed by atoms with van der Waals surface area (Å²) in [6.45, 7) is 0.938. The number of aliphatic hydroxyl groups is 1. The molecule has 1 aliphatic heterocycles. The highest BCUT2D eigenvalue weighted by Gasteiger charge is 2.21. The molecule has 0 aromatic carbocycles. The van der Waals surface area contributed by atoms with Gasteiger partial charge >= 0.3 is 0 Å². The lowest BCUT2D eigenvalue weighted by atomic mass is 10.4. The minimum Gasteiger partial charge on any atom is -0.388 e. The van der Waals surface area contributed by atoms with E-state index in [0.29, 0.717) is 18.5 Å². The smallest absolute Gasteiger partial charge is 0.214 e. The molecule has 1 aliphatic rings. The summed E-state index contributed by atoms with van der Waals surface area (Å²) in [6.07, 6.45) is 0. The van der Waals surface area contributed by atoms with E-state index in [4.69, 9.17) is 9.84 Å². The average molecular weight is 148 g/mol. The Kier molecular flexibility index (Phi) is 2.50. The predicted octanol–water partition coefficient (Wildman–Crippen LogP) is -0.363. The van der Waals surface area contributed by atoms with Crippen molar-refractivity contribution in [2.75, 3.05) is 19.8 Å². The van der Waals surface area contributed by atoms with Crippen molar-refractivity contribution in [2.24, 2.45) is 0 Å². The van der Waals surface area contributed by atoms with Crippen molar-refractivity contribution in [2.45, 2.75) is 5.25 Å². The molecular formula is C5H8O3S. The van der Waals surface area contributed by atoms with Gasteiger partial charge in [0.2, 0.25) is 5.12 Å². The van der Waals surface area contributed by atoms with E-state index in [0.717, 1.165) is 0 Å². The summed E-state index contributed by atoms with van der Waals surface area (Å²) < 4.78 is 4.83. The number of carbonyl (C=O) groups excluding carboxylic acids is 1. The summed E-state index contributed by atoms with van der Waals surface area (Å²) in [7, 11) is 0. The highest BCUT2D eigenvalue weighted by molar-refractivity contribution is 8.14. The molecule has 0 aromatic heterocycles. The van der Waals surface area contributed by atoms with Gasteiger partial charge < -0.3 is 9.84 Å². The quantitative estimate of drug-likeness (QED) is 0.580. The summed E-state index contributed by atoms with van der Waals surface area (Å²) in [5.41, 5.74) is 0. The number of thioether (sulfide) groups is 1. The van der Waals surface area contributed by atoms with Gasteiger partial charge in [0.25, 0.3) is 0 Å². The molecule has 0 aliphatic carbocycles. The molecule has 1 fully saturated rings. The Morgan fingerprint density at radius 2 is 2.44 bits per heavy atom. The molecule has 0 unspecified atom stereocenters. The molecule has 0 spiro atoms. The molecule has 52 valence electrons. The van der Waals surface area contributed by atoms with Crippen LogP contribution in [0.4, 0.5) is 0 Å². The largest absolute Gasteiger partial charge is 0.388 e. The maximum absolute atomic E-state index is 10.5. The molecule has 3 nitrogen and oxygen atoms in total. The van der Waals surface area contributed by atoms with Crippen LogP contribution in [0.1, 0.15) is 0 Å². The van der Waals surface area contributed by atoms with Crippen molar-refractivity contribution >= 4 is 16.9 Å². The van der Waals surface area contributed by atoms with Crippen molar-refractivity contribution in [1.29, 1.82) is 0 Å². The number of carbonyl (C=O) groups is 1. The van der Waals surface area contributed by atoms with E-state index in [1.54, 1.807) is 0 Å². The lowest BCUT2D eigenvalue weighted by Crippen LogP contribution is -2.31. The molecule has 9 heavy (non-hydrogen) atoms. The van der Waals surface area contributed by atoms with Gasteiger partial charge in [-0.05, 0) is 0 Å². The minimum atomic E-state index is -0.360. The van der Waals surface area contributed by atoms with Crippen LogP contribution in [0.5, 0.6) is 0 Å². The molecular weight excluding hydrogens is 140 g/mol. The van der Waals surface area contributed by atoms with Gasteiger partial charge in [-0.2, -0.15) is 0 Å². The van der Waals surface area contributed by atoms with Crippen LogP contribution < -0.4 is 0 Å². The Balaban J connectivity index is 2.09. The Bertz CT molecular complexity index is 111. The Morgan fingerprint density at radius 1 is 1.78 bits per heavy atom. The van der Waals surface area contributed by atoms with Gasteiger partial charge in [0.1, 0.15) is 6.61 Å². The summed E-state index contributed by atoms with van der Waals surface area (Å²) in [6, 6.07) is 0. The standard InChI is InChI=1S/C5H8O3S/c6-1-5(7)9-4-2-8-3-4/h4,6H,1-3H2. The molecule has 0 amide bonds. The summed E-state index contributed by atoms with van der Waals surface area (Å²) in [5.74, 6) is 0. The van der Waals surface area contributed by atoms with Crippen molar-refractivity contribution in [1.82, 2.24) is 0 Å². The van der Waals surface area contributed by atoms with Crippen LogP contribution in [-0.2, 0) is 9.53 Å². The molecule has 1 heterocycles. The summed E-state index contributed by atoms with van der Waals surface area (Å²) >= 11 is 1.17. The van der Waals surface area contributed by atoms with Crippen molar-refractivity contribution in [3.63, 3.8) is 0 Å². The van der Waals surface area contributed by atoms with Crippen LogP contribution in [0.25, 0.3) is 0 Å². The van der Waals surface area contributed by atoms with Crippen molar-refractivity contribution in [3.8, 4) is 0 Å². The molecule has 1 N–H and O–H groups in total. The van der Waals surface area contributed by atoms with E-state index in [-0.39, 0.29) is 11.7 Å². The zero-order valence-electron chi connectivity index (χ0n) is 4.87. The van der Waals surface area contributed by atoms with E-state index in [1.165, 1.54) is 11.8 Å². The van der Waals surface area contributed by atoms with E-state index in [9.17, 15) is 4.79 Å². The summed E-state index contributed by atoms with van der Waals surface area (Å²) in [5, 5.41) is 8.42. The van der Waals surface area contributed by atoms with E-state index < -0.39 is 0 Å². The molecule has 0 aromatic rings. The lowest BCUT2D eigenvalue weighted by Gasteiger charge is -2.23. The second-order valence-corrected chi connectivity index (χ2v) is 3.17.